The molecule has 3 amide bonds. The first-order valence-corrected chi connectivity index (χ1v) is 12.6. The quantitative estimate of drug-likeness (QED) is 0.405. The lowest BCUT2D eigenvalue weighted by atomic mass is 9.76. The van der Waals surface area contributed by atoms with Crippen molar-refractivity contribution in [2.24, 2.45) is 17.8 Å². The van der Waals surface area contributed by atoms with Crippen molar-refractivity contribution in [1.29, 1.82) is 0 Å². The van der Waals surface area contributed by atoms with Gasteiger partial charge in [-0.15, -0.1) is 0 Å². The van der Waals surface area contributed by atoms with E-state index in [9.17, 15) is 24.3 Å². The molecule has 36 heavy (non-hydrogen) atoms. The highest BCUT2D eigenvalue weighted by atomic mass is 16.6. The molecular weight excluding hydrogens is 466 g/mol. The summed E-state index contributed by atoms with van der Waals surface area (Å²) in [6.45, 7) is 17.6. The van der Waals surface area contributed by atoms with Crippen molar-refractivity contribution in [2.45, 2.75) is 105 Å². The highest BCUT2D eigenvalue weighted by Gasteiger charge is 2.55. The molecule has 0 aromatic carbocycles. The van der Waals surface area contributed by atoms with Gasteiger partial charge in [-0.05, 0) is 52.5 Å². The second-order valence-corrected chi connectivity index (χ2v) is 11.3. The molecule has 210 valence electrons. The molecule has 0 fully saturated rings. The van der Waals surface area contributed by atoms with Gasteiger partial charge in [0.15, 0.2) is 0 Å². The summed E-state index contributed by atoms with van der Waals surface area (Å²) in [5, 5.41) is 12.8. The number of carboxylic acids is 1. The average molecular weight is 516 g/mol. The molecular formula is C26H49N3O7. The number of imide groups is 1. The second kappa shape index (κ2) is 13.4. The van der Waals surface area contributed by atoms with Crippen LogP contribution in [0.1, 0.15) is 75.7 Å². The van der Waals surface area contributed by atoms with Crippen LogP contribution in [0.3, 0.4) is 0 Å². The van der Waals surface area contributed by atoms with Crippen molar-refractivity contribution in [3.63, 3.8) is 0 Å². The van der Waals surface area contributed by atoms with Crippen molar-refractivity contribution in [2.75, 3.05) is 21.2 Å². The van der Waals surface area contributed by atoms with E-state index < -0.39 is 53.2 Å². The van der Waals surface area contributed by atoms with Crippen LogP contribution in [0.5, 0.6) is 0 Å². The van der Waals surface area contributed by atoms with Gasteiger partial charge in [0.2, 0.25) is 11.8 Å². The van der Waals surface area contributed by atoms with E-state index in [0.29, 0.717) is 6.42 Å². The Labute approximate surface area is 217 Å². The smallest absolute Gasteiger partial charge is 0.410 e. The molecule has 0 aliphatic rings. The molecule has 2 N–H and O–H groups in total. The van der Waals surface area contributed by atoms with Crippen molar-refractivity contribution in [1.82, 2.24) is 15.1 Å². The fraction of sp³-hybridized carbons (Fsp3) is 0.846. The van der Waals surface area contributed by atoms with Gasteiger partial charge in [-0.2, -0.15) is 0 Å². The maximum absolute atomic E-state index is 13.5. The molecule has 10 nitrogen and oxygen atoms in total. The zero-order valence-corrected chi connectivity index (χ0v) is 24.5. The summed E-state index contributed by atoms with van der Waals surface area (Å²) in [4.78, 5) is 54.9. The second-order valence-electron chi connectivity index (χ2n) is 11.3. The van der Waals surface area contributed by atoms with Gasteiger partial charge < -0.3 is 14.6 Å². The van der Waals surface area contributed by atoms with Gasteiger partial charge in [0, 0.05) is 14.2 Å². The molecule has 0 spiro atoms. The Balaban J connectivity index is 6.27. The molecule has 0 aliphatic heterocycles. The Hall–Kier alpha value is -2.20. The maximum Gasteiger partial charge on any atom is 0.410 e. The zero-order valence-electron chi connectivity index (χ0n) is 24.5. The molecule has 10 heteroatoms. The first kappa shape index (κ1) is 33.8. The third-order valence-corrected chi connectivity index (χ3v) is 6.83. The number of ether oxygens (including phenoxy) is 2. The molecule has 5 atom stereocenters. The standard InChI is InChI=1S/C26H49N3O7/c1-14-17(6)26(23(32)33,18(7)35-13)29(12)20(16(4)5)22(31)27-21(30)19(15(2)3)28(11)24(34)36-25(8,9)10/h15-20H,14H2,1-13H3,(H,32,33)(H,27,30,31)/t17-,18+,19-,20-,26+/m0/s1. The van der Waals surface area contributed by atoms with Crippen LogP contribution in [0, 0.1) is 17.8 Å². The van der Waals surface area contributed by atoms with E-state index >= 15 is 0 Å². The van der Waals surface area contributed by atoms with Crippen LogP contribution in [0.15, 0.2) is 0 Å². The van der Waals surface area contributed by atoms with E-state index in [1.807, 2.05) is 13.8 Å². The highest BCUT2D eigenvalue weighted by molar-refractivity contribution is 6.01. The van der Waals surface area contributed by atoms with E-state index in [1.54, 1.807) is 62.4 Å². The molecule has 0 heterocycles. The summed E-state index contributed by atoms with van der Waals surface area (Å²) in [6.07, 6.45) is -0.899. The Bertz CT molecular complexity index is 766. The number of amides is 3. The average Bonchev–Trinajstić information content (AvgIpc) is 2.71. The topological polar surface area (TPSA) is 125 Å². The lowest BCUT2D eigenvalue weighted by molar-refractivity contribution is -0.173. The number of hydrogen-bond acceptors (Lipinski definition) is 7. The van der Waals surface area contributed by atoms with Crippen LogP contribution >= 0.6 is 0 Å². The van der Waals surface area contributed by atoms with Crippen LogP contribution in [-0.2, 0) is 23.9 Å². The number of nitrogens with zero attached hydrogens (tertiary/aromatic N) is 2. The summed E-state index contributed by atoms with van der Waals surface area (Å²) >= 11 is 0. The largest absolute Gasteiger partial charge is 0.480 e. The summed E-state index contributed by atoms with van der Waals surface area (Å²) in [7, 11) is 4.47. The summed E-state index contributed by atoms with van der Waals surface area (Å²) in [6, 6.07) is -1.94. The van der Waals surface area contributed by atoms with Gasteiger partial charge in [0.05, 0.1) is 12.1 Å². The van der Waals surface area contributed by atoms with Gasteiger partial charge >= 0.3 is 12.1 Å². The lowest BCUT2D eigenvalue weighted by Crippen LogP contribution is -2.69. The summed E-state index contributed by atoms with van der Waals surface area (Å²) in [5.74, 6) is -3.44. The molecule has 0 bridgehead atoms. The van der Waals surface area contributed by atoms with Crippen molar-refractivity contribution in [3.05, 3.63) is 0 Å². The number of methoxy groups -OCH3 is 1. The van der Waals surface area contributed by atoms with Gasteiger partial charge in [-0.25, -0.2) is 4.79 Å². The molecule has 0 unspecified atom stereocenters. The summed E-state index contributed by atoms with van der Waals surface area (Å²) in [5.41, 5.74) is -2.28. The maximum atomic E-state index is 13.5. The van der Waals surface area contributed by atoms with E-state index in [-0.39, 0.29) is 17.8 Å². The minimum absolute atomic E-state index is 0.322. The molecule has 0 saturated heterocycles. The third kappa shape index (κ3) is 7.65. The van der Waals surface area contributed by atoms with Crippen LogP contribution < -0.4 is 5.32 Å². The van der Waals surface area contributed by atoms with Gasteiger partial charge in [0.1, 0.15) is 17.2 Å². The van der Waals surface area contributed by atoms with E-state index in [1.165, 1.54) is 24.0 Å². The first-order chi connectivity index (χ1) is 16.3. The SMILES string of the molecule is CC[C@H](C)[C@](C(=O)O)([C@@H](C)OC)N(C)[C@H](C(=O)NC(=O)[C@H](C(C)C)N(C)C(=O)OC(C)(C)C)C(C)C. The Morgan fingerprint density at radius 3 is 1.67 bits per heavy atom. The predicted octanol–water partition coefficient (Wildman–Crippen LogP) is 3.38. The monoisotopic (exact) mass is 515 g/mol. The number of hydrogen-bond donors (Lipinski definition) is 2. The number of likely N-dealkylation sites (N-methyl/N-ethyl adjacent to an activating group) is 2. The number of carbonyl (C=O) groups is 4. The van der Waals surface area contributed by atoms with Crippen LogP contribution in [0.4, 0.5) is 4.79 Å². The lowest BCUT2D eigenvalue weighted by Gasteiger charge is -2.49. The molecule has 0 rings (SSSR count). The first-order valence-electron chi connectivity index (χ1n) is 12.6. The normalized spacial score (nSPS) is 17.2. The third-order valence-electron chi connectivity index (χ3n) is 6.83. The number of aliphatic carboxylic acids is 1. The van der Waals surface area contributed by atoms with Crippen LogP contribution in [-0.4, -0.2) is 89.3 Å². The van der Waals surface area contributed by atoms with Gasteiger partial charge in [-0.3, -0.25) is 29.5 Å². The van der Waals surface area contributed by atoms with E-state index in [0.717, 1.165) is 0 Å². The molecule has 0 aromatic heterocycles. The van der Waals surface area contributed by atoms with E-state index in [2.05, 4.69) is 5.32 Å². The molecule has 0 radical (unpaired) electrons. The number of nitrogens with one attached hydrogen (secondary N) is 1. The highest BCUT2D eigenvalue weighted by Crippen LogP contribution is 2.35. The number of carboxylic acid groups (broad SMARTS) is 1. The Morgan fingerprint density at radius 1 is 0.889 bits per heavy atom. The number of rotatable bonds is 12. The minimum atomic E-state index is -1.52. The Morgan fingerprint density at radius 2 is 1.33 bits per heavy atom. The fourth-order valence-electron chi connectivity index (χ4n) is 4.86. The Kier molecular flexibility index (Phi) is 12.6. The van der Waals surface area contributed by atoms with Gasteiger partial charge in [-0.1, -0.05) is 48.0 Å². The van der Waals surface area contributed by atoms with Crippen molar-refractivity contribution >= 4 is 23.9 Å². The predicted molar refractivity (Wildman–Crippen MR) is 138 cm³/mol. The summed E-state index contributed by atoms with van der Waals surface area (Å²) < 4.78 is 10.9. The van der Waals surface area contributed by atoms with Crippen LogP contribution in [0.2, 0.25) is 0 Å². The van der Waals surface area contributed by atoms with Gasteiger partial charge in [0.25, 0.3) is 0 Å². The van der Waals surface area contributed by atoms with E-state index in [4.69, 9.17) is 9.47 Å². The van der Waals surface area contributed by atoms with Crippen molar-refractivity contribution in [3.8, 4) is 0 Å². The van der Waals surface area contributed by atoms with Crippen LogP contribution in [0.25, 0.3) is 0 Å². The minimum Gasteiger partial charge on any atom is -0.480 e. The molecule has 0 aromatic rings. The molecule has 0 aliphatic carbocycles. The zero-order chi connectivity index (χ0) is 28.8. The fourth-order valence-corrected chi connectivity index (χ4v) is 4.86. The molecule has 0 saturated carbocycles. The van der Waals surface area contributed by atoms with Crippen molar-refractivity contribution < 1.29 is 33.8 Å². The number of carbonyl (C=O) groups excluding carboxylic acids is 3.